The van der Waals surface area contributed by atoms with E-state index in [0.717, 1.165) is 16.7 Å². The molecule has 1 N–H and O–H groups in total. The van der Waals surface area contributed by atoms with Crippen LogP contribution in [-0.4, -0.2) is 55.9 Å². The SMILES string of the molecule is COc1ccc(OC)c(C=Cc2ccc(N3C(=O)C4CC=C5C(c6ccccc6OCCO)C6=C(CC5C4C3=O)C(=O)C(C)=CC6=O)cc2)c1. The highest BCUT2D eigenvalue weighted by atomic mass is 16.5. The van der Waals surface area contributed by atoms with Crippen LogP contribution in [0.4, 0.5) is 5.69 Å². The van der Waals surface area contributed by atoms with Gasteiger partial charge in [-0.2, -0.15) is 0 Å². The van der Waals surface area contributed by atoms with Crippen molar-refractivity contribution < 1.29 is 38.5 Å². The summed E-state index contributed by atoms with van der Waals surface area (Å²) in [5, 5.41) is 9.47. The number of amides is 2. The van der Waals surface area contributed by atoms with E-state index in [-0.39, 0.29) is 43.0 Å². The van der Waals surface area contributed by atoms with E-state index in [1.807, 2.05) is 66.8 Å². The molecule has 3 aromatic carbocycles. The second-order valence-electron chi connectivity index (χ2n) is 12.9. The molecule has 0 radical (unpaired) electrons. The highest BCUT2D eigenvalue weighted by Gasteiger charge is 2.56. The van der Waals surface area contributed by atoms with E-state index in [0.29, 0.717) is 51.6 Å². The lowest BCUT2D eigenvalue weighted by Gasteiger charge is -2.42. The van der Waals surface area contributed by atoms with Crippen LogP contribution in [0.15, 0.2) is 101 Å². The molecule has 9 heteroatoms. The zero-order valence-corrected chi connectivity index (χ0v) is 28.1. The highest BCUT2D eigenvalue weighted by Crippen LogP contribution is 2.56. The van der Waals surface area contributed by atoms with E-state index in [1.54, 1.807) is 39.3 Å². The highest BCUT2D eigenvalue weighted by molar-refractivity contribution is 6.25. The molecule has 0 spiro atoms. The molecular weight excluding hydrogens is 634 g/mol. The summed E-state index contributed by atoms with van der Waals surface area (Å²) in [7, 11) is 3.21. The normalized spacial score (nSPS) is 23.0. The predicted molar refractivity (Wildman–Crippen MR) is 188 cm³/mol. The van der Waals surface area contributed by atoms with Gasteiger partial charge in [0.2, 0.25) is 11.8 Å². The molecule has 1 saturated heterocycles. The summed E-state index contributed by atoms with van der Waals surface area (Å²) < 4.78 is 16.7. The molecule has 4 aliphatic rings. The molecule has 4 unspecified atom stereocenters. The van der Waals surface area contributed by atoms with Crippen molar-refractivity contribution in [2.45, 2.75) is 25.7 Å². The first-order chi connectivity index (χ1) is 24.2. The summed E-state index contributed by atoms with van der Waals surface area (Å²) in [6.07, 6.45) is 7.72. The Morgan fingerprint density at radius 3 is 2.40 bits per heavy atom. The van der Waals surface area contributed by atoms with Gasteiger partial charge in [0.05, 0.1) is 38.3 Å². The summed E-state index contributed by atoms with van der Waals surface area (Å²) in [6, 6.07) is 20.0. The van der Waals surface area contributed by atoms with Crippen LogP contribution in [0.5, 0.6) is 17.2 Å². The topological polar surface area (TPSA) is 119 Å². The number of allylic oxidation sites excluding steroid dienone is 6. The first-order valence-electron chi connectivity index (χ1n) is 16.7. The number of para-hydroxylation sites is 1. The Morgan fingerprint density at radius 1 is 0.880 bits per heavy atom. The predicted octanol–water partition coefficient (Wildman–Crippen LogP) is 5.88. The number of Topliss-reactive ketones (excluding diaryl/α,β-unsaturated/α-hetero) is 1. The molecule has 2 amide bonds. The minimum atomic E-state index is -0.696. The number of benzene rings is 3. The molecule has 1 aliphatic heterocycles. The van der Waals surface area contributed by atoms with Gasteiger partial charge in [-0.05, 0) is 73.7 Å². The van der Waals surface area contributed by atoms with Crippen molar-refractivity contribution in [3.8, 4) is 17.2 Å². The van der Waals surface area contributed by atoms with Crippen LogP contribution in [-0.2, 0) is 19.2 Å². The lowest BCUT2D eigenvalue weighted by atomic mass is 9.59. The number of ether oxygens (including phenoxy) is 3. The lowest BCUT2D eigenvalue weighted by molar-refractivity contribution is -0.123. The fourth-order valence-electron chi connectivity index (χ4n) is 7.89. The van der Waals surface area contributed by atoms with Gasteiger partial charge in [0, 0.05) is 33.8 Å². The van der Waals surface area contributed by atoms with Crippen LogP contribution in [0.1, 0.15) is 42.4 Å². The third-order valence-corrected chi connectivity index (χ3v) is 10.2. The van der Waals surface area contributed by atoms with Gasteiger partial charge in [0.25, 0.3) is 0 Å². The molecule has 1 fully saturated rings. The van der Waals surface area contributed by atoms with E-state index in [4.69, 9.17) is 14.2 Å². The Bertz CT molecular complexity index is 2030. The third kappa shape index (κ3) is 5.57. The number of fused-ring (bicyclic) bond motifs is 3. The van der Waals surface area contributed by atoms with E-state index >= 15 is 0 Å². The number of hydrogen-bond acceptors (Lipinski definition) is 8. The van der Waals surface area contributed by atoms with Gasteiger partial charge in [-0.1, -0.05) is 54.1 Å². The third-order valence-electron chi connectivity index (χ3n) is 10.2. The van der Waals surface area contributed by atoms with Crippen molar-refractivity contribution in [3.05, 3.63) is 118 Å². The maximum atomic E-state index is 14.4. The van der Waals surface area contributed by atoms with Crippen LogP contribution in [0.3, 0.4) is 0 Å². The number of ketones is 2. The summed E-state index contributed by atoms with van der Waals surface area (Å²) in [6.45, 7) is 1.49. The van der Waals surface area contributed by atoms with E-state index < -0.39 is 23.7 Å². The van der Waals surface area contributed by atoms with Crippen LogP contribution in [0.2, 0.25) is 0 Å². The molecule has 0 saturated carbocycles. The number of rotatable bonds is 9. The molecule has 4 atom stereocenters. The number of methoxy groups -OCH3 is 2. The fourth-order valence-corrected chi connectivity index (χ4v) is 7.89. The zero-order valence-electron chi connectivity index (χ0n) is 28.1. The second-order valence-corrected chi connectivity index (χ2v) is 12.9. The van der Waals surface area contributed by atoms with Gasteiger partial charge in [-0.3, -0.25) is 24.1 Å². The Morgan fingerprint density at radius 2 is 1.66 bits per heavy atom. The summed E-state index contributed by atoms with van der Waals surface area (Å²) in [5.74, 6) is -1.54. The van der Waals surface area contributed by atoms with Crippen molar-refractivity contribution in [2.75, 3.05) is 32.3 Å². The van der Waals surface area contributed by atoms with Crippen LogP contribution in [0.25, 0.3) is 12.2 Å². The second kappa shape index (κ2) is 13.4. The quantitative estimate of drug-likeness (QED) is 0.130. The van der Waals surface area contributed by atoms with Crippen molar-refractivity contribution in [3.63, 3.8) is 0 Å². The molecule has 1 heterocycles. The van der Waals surface area contributed by atoms with Gasteiger partial charge in [-0.15, -0.1) is 0 Å². The minimum Gasteiger partial charge on any atom is -0.497 e. The van der Waals surface area contributed by atoms with Gasteiger partial charge in [0.15, 0.2) is 11.6 Å². The number of hydrogen-bond donors (Lipinski definition) is 1. The molecule has 3 aromatic rings. The maximum Gasteiger partial charge on any atom is 0.238 e. The monoisotopic (exact) mass is 671 g/mol. The lowest BCUT2D eigenvalue weighted by Crippen LogP contribution is -2.40. The van der Waals surface area contributed by atoms with Crippen molar-refractivity contribution in [1.29, 1.82) is 0 Å². The molecule has 7 rings (SSSR count). The van der Waals surface area contributed by atoms with Crippen LogP contribution >= 0.6 is 0 Å². The van der Waals surface area contributed by atoms with E-state index in [2.05, 4.69) is 0 Å². The molecule has 50 heavy (non-hydrogen) atoms. The largest absolute Gasteiger partial charge is 0.497 e. The first-order valence-corrected chi connectivity index (χ1v) is 16.7. The van der Waals surface area contributed by atoms with Crippen molar-refractivity contribution in [1.82, 2.24) is 0 Å². The summed E-state index contributed by atoms with van der Waals surface area (Å²) in [5.41, 5.74) is 4.84. The average Bonchev–Trinajstić information content (AvgIpc) is 3.40. The number of imide groups is 1. The minimum absolute atomic E-state index is 0.0560. The van der Waals surface area contributed by atoms with Gasteiger partial charge in [0.1, 0.15) is 23.9 Å². The Labute approximate surface area is 290 Å². The Hall–Kier alpha value is -5.54. The number of carbonyl (C=O) groups is 4. The Balaban J connectivity index is 1.21. The summed E-state index contributed by atoms with van der Waals surface area (Å²) >= 11 is 0. The molecule has 0 aromatic heterocycles. The number of nitrogens with zero attached hydrogens (tertiary/aromatic N) is 1. The number of aliphatic hydroxyl groups is 1. The van der Waals surface area contributed by atoms with E-state index in [9.17, 15) is 24.3 Å². The van der Waals surface area contributed by atoms with Crippen molar-refractivity contribution >= 4 is 41.2 Å². The maximum absolute atomic E-state index is 14.4. The Kier molecular flexibility index (Phi) is 8.84. The fraction of sp³-hybridized carbons (Fsp3) is 0.268. The molecule has 0 bridgehead atoms. The first kappa shape index (κ1) is 33.0. The average molecular weight is 672 g/mol. The van der Waals surface area contributed by atoms with Gasteiger partial charge >= 0.3 is 0 Å². The number of carbonyl (C=O) groups excluding carboxylic acids is 4. The molecule has 3 aliphatic carbocycles. The smallest absolute Gasteiger partial charge is 0.238 e. The van der Waals surface area contributed by atoms with Gasteiger partial charge < -0.3 is 19.3 Å². The molecular formula is C41H37NO8. The summed E-state index contributed by atoms with van der Waals surface area (Å²) in [4.78, 5) is 56.9. The molecule has 9 nitrogen and oxygen atoms in total. The van der Waals surface area contributed by atoms with Gasteiger partial charge in [-0.25, -0.2) is 0 Å². The molecule has 254 valence electrons. The van der Waals surface area contributed by atoms with Crippen LogP contribution < -0.4 is 19.1 Å². The number of aliphatic hydroxyl groups excluding tert-OH is 1. The van der Waals surface area contributed by atoms with E-state index in [1.165, 1.54) is 11.0 Å². The zero-order chi connectivity index (χ0) is 35.1. The van der Waals surface area contributed by atoms with Crippen LogP contribution in [0, 0.1) is 17.8 Å². The van der Waals surface area contributed by atoms with Crippen molar-refractivity contribution in [2.24, 2.45) is 17.8 Å². The number of anilines is 1. The standard InChI is InChI=1S/C41H37NO8/c1-23-20-33(44)38-32(39(23)45)22-31-28(36(38)29-6-4-5-7-35(29)50-19-18-43)15-16-30-37(31)41(47)42(40(30)46)26-12-9-24(10-13-26)8-11-25-21-27(48-2)14-17-34(25)49-3/h4-15,17,20-21,30-31,36-37,43H,16,18-19,22H2,1-3H3.